The van der Waals surface area contributed by atoms with Crippen molar-refractivity contribution in [2.45, 2.75) is 30.3 Å². The molecule has 0 aromatic heterocycles. The van der Waals surface area contributed by atoms with Gasteiger partial charge in [-0.15, -0.1) is 11.8 Å². The van der Waals surface area contributed by atoms with Gasteiger partial charge in [0.25, 0.3) is 0 Å². The molecule has 0 fully saturated rings. The lowest BCUT2D eigenvalue weighted by molar-refractivity contribution is 0.0921. The number of fused-ring (bicyclic) bond motifs is 1. The summed E-state index contributed by atoms with van der Waals surface area (Å²) < 4.78 is 0. The molecule has 1 N–H and O–H groups in total. The Morgan fingerprint density at radius 3 is 2.60 bits per heavy atom. The summed E-state index contributed by atoms with van der Waals surface area (Å²) >= 11 is 1.89. The SMILES string of the molecule is OC1c2ccccc2CCC1CCSc1ccccc1. The average molecular weight is 284 g/mol. The van der Waals surface area contributed by atoms with Gasteiger partial charge in [0.05, 0.1) is 6.10 Å². The zero-order valence-electron chi connectivity index (χ0n) is 11.5. The summed E-state index contributed by atoms with van der Waals surface area (Å²) in [7, 11) is 0. The van der Waals surface area contributed by atoms with Crippen LogP contribution in [0, 0.1) is 5.92 Å². The van der Waals surface area contributed by atoms with Gasteiger partial charge in [-0.2, -0.15) is 0 Å². The lowest BCUT2D eigenvalue weighted by atomic mass is 9.80. The molecule has 0 spiro atoms. The van der Waals surface area contributed by atoms with Gasteiger partial charge in [-0.1, -0.05) is 42.5 Å². The van der Waals surface area contributed by atoms with Crippen molar-refractivity contribution < 1.29 is 5.11 Å². The van der Waals surface area contributed by atoms with Gasteiger partial charge in [0, 0.05) is 4.90 Å². The number of hydrogen-bond acceptors (Lipinski definition) is 2. The molecule has 2 atom stereocenters. The molecule has 2 unspecified atom stereocenters. The topological polar surface area (TPSA) is 20.2 Å². The molecule has 3 rings (SSSR count). The Kier molecular flexibility index (Phi) is 4.44. The summed E-state index contributed by atoms with van der Waals surface area (Å²) in [5.41, 5.74) is 2.47. The van der Waals surface area contributed by atoms with E-state index in [1.807, 2.05) is 23.9 Å². The van der Waals surface area contributed by atoms with Crippen LogP contribution in [-0.2, 0) is 6.42 Å². The third kappa shape index (κ3) is 3.08. The Balaban J connectivity index is 1.57. The van der Waals surface area contributed by atoms with Crippen LogP contribution < -0.4 is 0 Å². The van der Waals surface area contributed by atoms with E-state index in [2.05, 4.69) is 42.5 Å². The van der Waals surface area contributed by atoms with E-state index in [-0.39, 0.29) is 6.10 Å². The fraction of sp³-hybridized carbons (Fsp3) is 0.333. The second-order valence-corrected chi connectivity index (χ2v) is 6.56. The highest BCUT2D eigenvalue weighted by molar-refractivity contribution is 7.99. The van der Waals surface area contributed by atoms with Gasteiger partial charge in [-0.3, -0.25) is 0 Å². The smallest absolute Gasteiger partial charge is 0.0821 e. The first kappa shape index (κ1) is 13.7. The van der Waals surface area contributed by atoms with Crippen LogP contribution in [0.1, 0.15) is 30.1 Å². The standard InChI is InChI=1S/C18H20OS/c19-18-15(11-10-14-6-4-5-9-17(14)18)12-13-20-16-7-2-1-3-8-16/h1-9,15,18-19H,10-13H2. The third-order valence-electron chi connectivity index (χ3n) is 4.11. The second-order valence-electron chi connectivity index (χ2n) is 5.39. The van der Waals surface area contributed by atoms with Gasteiger partial charge < -0.3 is 5.11 Å². The van der Waals surface area contributed by atoms with E-state index in [4.69, 9.17) is 0 Å². The predicted octanol–water partition coefficient (Wildman–Crippen LogP) is 4.46. The third-order valence-corrected chi connectivity index (χ3v) is 5.15. The van der Waals surface area contributed by atoms with Gasteiger partial charge in [0.15, 0.2) is 0 Å². The normalized spacial score (nSPS) is 21.4. The maximum absolute atomic E-state index is 10.5. The molecule has 0 heterocycles. The zero-order valence-corrected chi connectivity index (χ0v) is 12.4. The summed E-state index contributed by atoms with van der Waals surface area (Å²) in [4.78, 5) is 1.32. The largest absolute Gasteiger partial charge is 0.388 e. The Hall–Kier alpha value is -1.25. The predicted molar refractivity (Wildman–Crippen MR) is 85.0 cm³/mol. The molecule has 0 bridgehead atoms. The molecule has 0 saturated heterocycles. The highest BCUT2D eigenvalue weighted by Gasteiger charge is 2.26. The van der Waals surface area contributed by atoms with E-state index in [1.54, 1.807) is 0 Å². The molecule has 0 aliphatic heterocycles. The lowest BCUT2D eigenvalue weighted by Crippen LogP contribution is -2.21. The second kappa shape index (κ2) is 6.47. The van der Waals surface area contributed by atoms with Crippen molar-refractivity contribution in [1.29, 1.82) is 0 Å². The Morgan fingerprint density at radius 1 is 1.00 bits per heavy atom. The molecule has 104 valence electrons. The Morgan fingerprint density at radius 2 is 1.75 bits per heavy atom. The molecule has 1 nitrogen and oxygen atoms in total. The van der Waals surface area contributed by atoms with Crippen molar-refractivity contribution in [3.8, 4) is 0 Å². The fourth-order valence-corrected chi connectivity index (χ4v) is 3.96. The number of benzene rings is 2. The van der Waals surface area contributed by atoms with Crippen LogP contribution in [0.25, 0.3) is 0 Å². The minimum atomic E-state index is -0.281. The van der Waals surface area contributed by atoms with Crippen LogP contribution in [0.5, 0.6) is 0 Å². The van der Waals surface area contributed by atoms with E-state index in [0.717, 1.165) is 30.6 Å². The van der Waals surface area contributed by atoms with E-state index in [9.17, 15) is 5.11 Å². The van der Waals surface area contributed by atoms with E-state index < -0.39 is 0 Å². The van der Waals surface area contributed by atoms with Crippen LogP contribution in [-0.4, -0.2) is 10.9 Å². The maximum Gasteiger partial charge on any atom is 0.0821 e. The summed E-state index contributed by atoms with van der Waals surface area (Å²) in [6.07, 6.45) is 3.01. The molecule has 20 heavy (non-hydrogen) atoms. The molecule has 0 amide bonds. The summed E-state index contributed by atoms with van der Waals surface area (Å²) in [6.45, 7) is 0. The number of thioether (sulfide) groups is 1. The zero-order chi connectivity index (χ0) is 13.8. The minimum absolute atomic E-state index is 0.281. The van der Waals surface area contributed by atoms with Gasteiger partial charge in [-0.25, -0.2) is 0 Å². The number of aryl methyl sites for hydroxylation is 1. The number of hydrogen-bond donors (Lipinski definition) is 1. The summed E-state index contributed by atoms with van der Waals surface area (Å²) in [5, 5.41) is 10.5. The fourth-order valence-electron chi connectivity index (χ4n) is 2.95. The van der Waals surface area contributed by atoms with Gasteiger partial charge in [0.2, 0.25) is 0 Å². The molecule has 2 aromatic carbocycles. The van der Waals surface area contributed by atoms with Crippen LogP contribution in [0.15, 0.2) is 59.5 Å². The van der Waals surface area contributed by atoms with Crippen LogP contribution in [0.3, 0.4) is 0 Å². The first-order valence-electron chi connectivity index (χ1n) is 7.28. The number of rotatable bonds is 4. The lowest BCUT2D eigenvalue weighted by Gasteiger charge is -2.30. The van der Waals surface area contributed by atoms with Crippen molar-refractivity contribution in [2.24, 2.45) is 5.92 Å². The molecule has 1 aliphatic rings. The molecule has 2 aromatic rings. The van der Waals surface area contributed by atoms with Crippen molar-refractivity contribution in [3.05, 3.63) is 65.7 Å². The van der Waals surface area contributed by atoms with Crippen molar-refractivity contribution >= 4 is 11.8 Å². The molecule has 0 saturated carbocycles. The minimum Gasteiger partial charge on any atom is -0.388 e. The average Bonchev–Trinajstić information content (AvgIpc) is 2.51. The molecule has 2 heteroatoms. The van der Waals surface area contributed by atoms with Gasteiger partial charge in [-0.05, 0) is 54.2 Å². The number of aliphatic hydroxyl groups excluding tert-OH is 1. The van der Waals surface area contributed by atoms with Crippen LogP contribution in [0.2, 0.25) is 0 Å². The highest BCUT2D eigenvalue weighted by atomic mass is 32.2. The first-order chi connectivity index (χ1) is 9.84. The van der Waals surface area contributed by atoms with E-state index in [0.29, 0.717) is 5.92 Å². The van der Waals surface area contributed by atoms with Crippen LogP contribution in [0.4, 0.5) is 0 Å². The Labute approximate surface area is 125 Å². The quantitative estimate of drug-likeness (QED) is 0.836. The molecule has 1 aliphatic carbocycles. The van der Waals surface area contributed by atoms with Gasteiger partial charge in [0.1, 0.15) is 0 Å². The maximum atomic E-state index is 10.5. The first-order valence-corrected chi connectivity index (χ1v) is 8.27. The molecule has 0 radical (unpaired) electrons. The van der Waals surface area contributed by atoms with Crippen LogP contribution >= 0.6 is 11.8 Å². The van der Waals surface area contributed by atoms with E-state index >= 15 is 0 Å². The van der Waals surface area contributed by atoms with Crippen molar-refractivity contribution in [1.82, 2.24) is 0 Å². The van der Waals surface area contributed by atoms with E-state index in [1.165, 1.54) is 10.5 Å². The molecular formula is C18H20OS. The monoisotopic (exact) mass is 284 g/mol. The highest BCUT2D eigenvalue weighted by Crippen LogP contribution is 2.37. The Bertz CT molecular complexity index is 552. The van der Waals surface area contributed by atoms with Crippen molar-refractivity contribution in [3.63, 3.8) is 0 Å². The summed E-state index contributed by atoms with van der Waals surface area (Å²) in [5.74, 6) is 1.48. The number of aliphatic hydroxyl groups is 1. The summed E-state index contributed by atoms with van der Waals surface area (Å²) in [6, 6.07) is 18.8. The molecular weight excluding hydrogens is 264 g/mol. The van der Waals surface area contributed by atoms with Crippen molar-refractivity contribution in [2.75, 3.05) is 5.75 Å². The van der Waals surface area contributed by atoms with Gasteiger partial charge >= 0.3 is 0 Å².